The van der Waals surface area contributed by atoms with Gasteiger partial charge in [-0.15, -0.1) is 0 Å². The van der Waals surface area contributed by atoms with Gasteiger partial charge in [-0.3, -0.25) is 0 Å². The Morgan fingerprint density at radius 1 is 1.22 bits per heavy atom. The van der Waals surface area contributed by atoms with Gasteiger partial charge in [0, 0.05) is 5.56 Å². The van der Waals surface area contributed by atoms with Crippen LogP contribution in [0, 0.1) is 5.82 Å². The van der Waals surface area contributed by atoms with Crippen molar-refractivity contribution in [3.05, 3.63) is 34.3 Å². The van der Waals surface area contributed by atoms with E-state index < -0.39 is 5.82 Å². The molecule has 0 unspecified atom stereocenters. The molecule has 0 atom stereocenters. The lowest BCUT2D eigenvalue weighted by Crippen LogP contribution is -2.01. The standard InChI is InChI=1S/C11H8Cl2FN3O/c1-2-18-11-16-9(15-10(13)17-11)6-3-4-8(14)7(12)5-6/h3-5H,2H2,1H3. The SMILES string of the molecule is CCOc1nc(Cl)nc(-c2ccc(F)c(Cl)c2)n1. The molecule has 7 heteroatoms. The van der Waals surface area contributed by atoms with Gasteiger partial charge in [-0.05, 0) is 36.7 Å². The van der Waals surface area contributed by atoms with E-state index in [9.17, 15) is 4.39 Å². The predicted molar refractivity (Wildman–Crippen MR) is 66.4 cm³/mol. The van der Waals surface area contributed by atoms with Crippen molar-refractivity contribution >= 4 is 23.2 Å². The number of hydrogen-bond donors (Lipinski definition) is 0. The van der Waals surface area contributed by atoms with Crippen LogP contribution in [0.15, 0.2) is 18.2 Å². The highest BCUT2D eigenvalue weighted by atomic mass is 35.5. The zero-order valence-corrected chi connectivity index (χ0v) is 10.8. The minimum Gasteiger partial charge on any atom is -0.464 e. The van der Waals surface area contributed by atoms with E-state index in [1.165, 1.54) is 18.2 Å². The topological polar surface area (TPSA) is 47.9 Å². The van der Waals surface area contributed by atoms with Crippen molar-refractivity contribution in [1.29, 1.82) is 0 Å². The second kappa shape index (κ2) is 5.46. The third-order valence-electron chi connectivity index (χ3n) is 2.04. The molecule has 1 aromatic heterocycles. The maximum absolute atomic E-state index is 13.1. The Kier molecular flexibility index (Phi) is 3.93. The van der Waals surface area contributed by atoms with E-state index in [2.05, 4.69) is 15.0 Å². The molecule has 1 heterocycles. The van der Waals surface area contributed by atoms with E-state index >= 15 is 0 Å². The minimum absolute atomic E-state index is 0.00361. The molecular weight excluding hydrogens is 280 g/mol. The van der Waals surface area contributed by atoms with Gasteiger partial charge in [-0.1, -0.05) is 11.6 Å². The van der Waals surface area contributed by atoms with Crippen molar-refractivity contribution in [2.45, 2.75) is 6.92 Å². The first-order valence-electron chi connectivity index (χ1n) is 5.10. The average molecular weight is 288 g/mol. The van der Waals surface area contributed by atoms with Gasteiger partial charge in [0.25, 0.3) is 0 Å². The number of halogens is 3. The molecule has 0 fully saturated rings. The van der Waals surface area contributed by atoms with Crippen LogP contribution in [0.25, 0.3) is 11.4 Å². The summed E-state index contributed by atoms with van der Waals surface area (Å²) in [6, 6.07) is 4.27. The molecule has 0 aliphatic rings. The van der Waals surface area contributed by atoms with Gasteiger partial charge in [0.2, 0.25) is 5.28 Å². The summed E-state index contributed by atoms with van der Waals surface area (Å²) in [6.45, 7) is 2.20. The fourth-order valence-corrected chi connectivity index (χ4v) is 1.62. The molecule has 0 N–H and O–H groups in total. The lowest BCUT2D eigenvalue weighted by atomic mass is 10.2. The van der Waals surface area contributed by atoms with Crippen LogP contribution in [0.1, 0.15) is 6.92 Å². The quantitative estimate of drug-likeness (QED) is 0.868. The normalized spacial score (nSPS) is 10.4. The van der Waals surface area contributed by atoms with Crippen LogP contribution in [0.4, 0.5) is 4.39 Å². The number of benzene rings is 1. The maximum Gasteiger partial charge on any atom is 0.321 e. The Labute approximate surface area is 113 Å². The molecule has 0 aliphatic carbocycles. The Morgan fingerprint density at radius 2 is 2.00 bits per heavy atom. The summed E-state index contributed by atoms with van der Waals surface area (Å²) in [5, 5.41) is -0.00843. The molecular formula is C11H8Cl2FN3O. The van der Waals surface area contributed by atoms with Crippen molar-refractivity contribution in [3.8, 4) is 17.4 Å². The van der Waals surface area contributed by atoms with Crippen LogP contribution in [-0.2, 0) is 0 Å². The van der Waals surface area contributed by atoms with Crippen molar-refractivity contribution < 1.29 is 9.13 Å². The second-order valence-corrected chi connectivity index (χ2v) is 4.02. The Morgan fingerprint density at radius 3 is 2.67 bits per heavy atom. The van der Waals surface area contributed by atoms with Gasteiger partial charge in [-0.25, -0.2) is 4.39 Å². The van der Waals surface area contributed by atoms with Crippen LogP contribution in [0.3, 0.4) is 0 Å². The summed E-state index contributed by atoms with van der Waals surface area (Å²) in [6.07, 6.45) is 0. The van der Waals surface area contributed by atoms with Crippen molar-refractivity contribution in [3.63, 3.8) is 0 Å². The van der Waals surface area contributed by atoms with Gasteiger partial charge in [0.15, 0.2) is 5.82 Å². The zero-order chi connectivity index (χ0) is 13.1. The van der Waals surface area contributed by atoms with Crippen molar-refractivity contribution in [2.75, 3.05) is 6.61 Å². The molecule has 0 aliphatic heterocycles. The summed E-state index contributed by atoms with van der Waals surface area (Å²) in [5.74, 6) is -0.231. The molecule has 4 nitrogen and oxygen atoms in total. The van der Waals surface area contributed by atoms with E-state index in [1.807, 2.05) is 0 Å². The lowest BCUT2D eigenvalue weighted by molar-refractivity contribution is 0.312. The molecule has 0 spiro atoms. The maximum atomic E-state index is 13.1. The van der Waals surface area contributed by atoms with E-state index in [4.69, 9.17) is 27.9 Å². The minimum atomic E-state index is -0.509. The first-order valence-corrected chi connectivity index (χ1v) is 5.85. The summed E-state index contributed by atoms with van der Waals surface area (Å²) < 4.78 is 18.2. The number of ether oxygens (including phenoxy) is 1. The highest BCUT2D eigenvalue weighted by Crippen LogP contribution is 2.24. The zero-order valence-electron chi connectivity index (χ0n) is 9.32. The lowest BCUT2D eigenvalue weighted by Gasteiger charge is -2.05. The Hall–Kier alpha value is -1.46. The van der Waals surface area contributed by atoms with Crippen molar-refractivity contribution in [2.24, 2.45) is 0 Å². The van der Waals surface area contributed by atoms with Gasteiger partial charge in [0.05, 0.1) is 11.6 Å². The van der Waals surface area contributed by atoms with Gasteiger partial charge >= 0.3 is 6.01 Å². The van der Waals surface area contributed by atoms with Crippen LogP contribution in [0.2, 0.25) is 10.3 Å². The number of aromatic nitrogens is 3. The van der Waals surface area contributed by atoms with Gasteiger partial charge in [-0.2, -0.15) is 15.0 Å². The molecule has 18 heavy (non-hydrogen) atoms. The second-order valence-electron chi connectivity index (χ2n) is 3.27. The molecule has 0 radical (unpaired) electrons. The first kappa shape index (κ1) is 13.0. The Balaban J connectivity index is 2.46. The summed E-state index contributed by atoms with van der Waals surface area (Å²) in [7, 11) is 0. The largest absolute Gasteiger partial charge is 0.464 e. The van der Waals surface area contributed by atoms with Gasteiger partial charge in [0.1, 0.15) is 5.82 Å². The molecule has 0 saturated carbocycles. The van der Waals surface area contributed by atoms with Crippen LogP contribution >= 0.6 is 23.2 Å². The fourth-order valence-electron chi connectivity index (χ4n) is 1.29. The highest BCUT2D eigenvalue weighted by molar-refractivity contribution is 6.31. The van der Waals surface area contributed by atoms with Crippen LogP contribution in [-0.4, -0.2) is 21.6 Å². The number of rotatable bonds is 3. The third kappa shape index (κ3) is 2.86. The molecule has 1 aromatic carbocycles. The molecule has 2 rings (SSSR count). The highest BCUT2D eigenvalue weighted by Gasteiger charge is 2.10. The van der Waals surface area contributed by atoms with E-state index in [1.54, 1.807) is 6.92 Å². The number of nitrogens with zero attached hydrogens (tertiary/aromatic N) is 3. The summed E-state index contributed by atoms with van der Waals surface area (Å²) >= 11 is 11.5. The molecule has 94 valence electrons. The number of hydrogen-bond acceptors (Lipinski definition) is 4. The molecule has 0 bridgehead atoms. The molecule has 2 aromatic rings. The Bertz CT molecular complexity index is 580. The molecule has 0 saturated heterocycles. The van der Waals surface area contributed by atoms with Crippen LogP contribution in [0.5, 0.6) is 6.01 Å². The summed E-state index contributed by atoms with van der Waals surface area (Å²) in [5.41, 5.74) is 0.534. The van der Waals surface area contributed by atoms with E-state index in [-0.39, 0.29) is 22.1 Å². The third-order valence-corrected chi connectivity index (χ3v) is 2.50. The summed E-state index contributed by atoms with van der Waals surface area (Å²) in [4.78, 5) is 11.8. The van der Waals surface area contributed by atoms with Crippen molar-refractivity contribution in [1.82, 2.24) is 15.0 Å². The van der Waals surface area contributed by atoms with E-state index in [0.717, 1.165) is 0 Å². The van der Waals surface area contributed by atoms with E-state index in [0.29, 0.717) is 12.2 Å². The van der Waals surface area contributed by atoms with Crippen LogP contribution < -0.4 is 4.74 Å². The first-order chi connectivity index (χ1) is 8.60. The van der Waals surface area contributed by atoms with Gasteiger partial charge < -0.3 is 4.74 Å². The smallest absolute Gasteiger partial charge is 0.321 e. The average Bonchev–Trinajstić information content (AvgIpc) is 2.32. The molecule has 0 amide bonds. The predicted octanol–water partition coefficient (Wildman–Crippen LogP) is 3.38. The fraction of sp³-hybridized carbons (Fsp3) is 0.182. The monoisotopic (exact) mass is 287 g/mol.